The van der Waals surface area contributed by atoms with Gasteiger partial charge in [0.15, 0.2) is 11.6 Å². The van der Waals surface area contributed by atoms with Crippen molar-refractivity contribution in [2.75, 3.05) is 40.2 Å². The third kappa shape index (κ3) is 4.34. The van der Waals surface area contributed by atoms with Crippen LogP contribution < -0.4 is 15.0 Å². The number of esters is 1. The second-order valence-electron chi connectivity index (χ2n) is 11.5. The third-order valence-electron chi connectivity index (χ3n) is 8.52. The molecule has 0 saturated carbocycles. The molecular weight excluding hydrogens is 514 g/mol. The Morgan fingerprint density at radius 2 is 1.73 bits per heavy atom. The molecule has 3 aliphatic carbocycles. The monoisotopic (exact) mass is 551 g/mol. The summed E-state index contributed by atoms with van der Waals surface area (Å²) >= 11 is 0. The topological polar surface area (TPSA) is 122 Å². The van der Waals surface area contributed by atoms with Crippen molar-refractivity contribution in [3.8, 4) is 5.75 Å². The van der Waals surface area contributed by atoms with Gasteiger partial charge in [0.25, 0.3) is 5.91 Å². The van der Waals surface area contributed by atoms with Crippen LogP contribution in [0.3, 0.4) is 0 Å². The van der Waals surface area contributed by atoms with E-state index in [-0.39, 0.29) is 28.6 Å². The Morgan fingerprint density at radius 3 is 2.25 bits per heavy atom. The van der Waals surface area contributed by atoms with E-state index >= 15 is 0 Å². The van der Waals surface area contributed by atoms with E-state index in [1.165, 1.54) is 21.0 Å². The number of ketones is 2. The molecule has 0 fully saturated rings. The first-order valence-electron chi connectivity index (χ1n) is 13.3. The molecule has 4 rings (SSSR count). The molecule has 1 N–H and O–H groups in total. The molecule has 0 aliphatic heterocycles. The quantitative estimate of drug-likeness (QED) is 0.434. The maximum atomic E-state index is 14.4. The van der Waals surface area contributed by atoms with E-state index < -0.39 is 40.9 Å². The van der Waals surface area contributed by atoms with Crippen LogP contribution in [-0.2, 0) is 30.3 Å². The van der Waals surface area contributed by atoms with Crippen LogP contribution in [0.1, 0.15) is 50.0 Å². The van der Waals surface area contributed by atoms with Crippen molar-refractivity contribution in [2.45, 2.75) is 46.6 Å². The highest BCUT2D eigenvalue weighted by molar-refractivity contribution is 6.26. The maximum Gasteiger partial charge on any atom is 0.307 e. The summed E-state index contributed by atoms with van der Waals surface area (Å²) in [6, 6.07) is 3.24. The SMILES string of the molecule is COc1ccc(N(C)C)c2c1C(=O)C1=C(OC(C)=O)[C@]3(C)C(=O)C(C(=O)NC(C)=O)=C(C)[C@@H](N(C)C)[C@@H]3C[C@@H]1C2. The molecule has 0 aromatic heterocycles. The first kappa shape index (κ1) is 29.2. The summed E-state index contributed by atoms with van der Waals surface area (Å²) < 4.78 is 11.4. The standard InChI is InChI=1S/C30H37N3O7/c1-14-22(29(38)31-15(2)34)27(37)30(4)19(25(14)33(7)8)13-17-12-18-20(32(5)6)10-11-21(39-9)24(18)26(36)23(17)28(30)40-16(3)35/h10-11,17,19,25H,12-13H2,1-9H3,(H,31,34,38)/t17-,19-,25+,30-/m0/s1. The minimum atomic E-state index is -1.52. The maximum absolute atomic E-state index is 14.4. The van der Waals surface area contributed by atoms with Gasteiger partial charge in [-0.15, -0.1) is 0 Å². The number of Topliss-reactive ketones (excluding diaryl/α,β-unsaturated/α-hetero) is 2. The Morgan fingerprint density at radius 1 is 1.07 bits per heavy atom. The number of likely N-dealkylation sites (N-methyl/N-ethyl adjacent to an activating group) is 1. The summed E-state index contributed by atoms with van der Waals surface area (Å²) in [5, 5.41) is 2.22. The number of benzene rings is 1. The van der Waals surface area contributed by atoms with Gasteiger partial charge in [0, 0.05) is 45.2 Å². The Hall–Kier alpha value is -3.79. The number of hydrogen-bond acceptors (Lipinski definition) is 9. The number of hydrogen-bond donors (Lipinski definition) is 1. The number of fused-ring (bicyclic) bond motifs is 3. The number of anilines is 1. The highest BCUT2D eigenvalue weighted by atomic mass is 16.5. The van der Waals surface area contributed by atoms with E-state index in [9.17, 15) is 24.0 Å². The molecule has 1 aromatic carbocycles. The van der Waals surface area contributed by atoms with Crippen molar-refractivity contribution in [1.82, 2.24) is 10.2 Å². The molecule has 10 heteroatoms. The molecule has 0 unspecified atom stereocenters. The van der Waals surface area contributed by atoms with Crippen LogP contribution in [0.5, 0.6) is 5.75 Å². The van der Waals surface area contributed by atoms with E-state index in [1.807, 2.05) is 44.1 Å². The molecule has 0 bridgehead atoms. The number of nitrogens with zero attached hydrogens (tertiary/aromatic N) is 2. The molecule has 0 saturated heterocycles. The van der Waals surface area contributed by atoms with Gasteiger partial charge in [-0.25, -0.2) is 0 Å². The van der Waals surface area contributed by atoms with Crippen LogP contribution in [0, 0.1) is 17.3 Å². The molecule has 40 heavy (non-hydrogen) atoms. The number of carbonyl (C=O) groups excluding carboxylic acids is 5. The first-order valence-corrected chi connectivity index (χ1v) is 13.3. The molecule has 0 heterocycles. The summed E-state index contributed by atoms with van der Waals surface area (Å²) in [4.78, 5) is 70.1. The van der Waals surface area contributed by atoms with E-state index in [1.54, 1.807) is 19.9 Å². The van der Waals surface area contributed by atoms with E-state index in [4.69, 9.17) is 9.47 Å². The van der Waals surface area contributed by atoms with Gasteiger partial charge >= 0.3 is 5.97 Å². The number of carbonyl (C=O) groups is 5. The molecule has 214 valence electrons. The molecular formula is C30H37N3O7. The van der Waals surface area contributed by atoms with Crippen molar-refractivity contribution >= 4 is 35.0 Å². The summed E-state index contributed by atoms with van der Waals surface area (Å²) in [5.74, 6) is -3.42. The fraction of sp³-hybridized carbons (Fsp3) is 0.500. The second-order valence-corrected chi connectivity index (χ2v) is 11.5. The van der Waals surface area contributed by atoms with Gasteiger partial charge in [0.1, 0.15) is 11.5 Å². The normalized spacial score (nSPS) is 25.7. The second kappa shape index (κ2) is 10.3. The lowest BCUT2D eigenvalue weighted by Gasteiger charge is -2.53. The summed E-state index contributed by atoms with van der Waals surface area (Å²) in [7, 11) is 9.01. The summed E-state index contributed by atoms with van der Waals surface area (Å²) in [6.07, 6.45) is 0.923. The van der Waals surface area contributed by atoms with Crippen molar-refractivity contribution in [2.24, 2.45) is 17.3 Å². The summed E-state index contributed by atoms with van der Waals surface area (Å²) in [6.45, 7) is 5.78. The molecule has 2 amide bonds. The predicted octanol–water partition coefficient (Wildman–Crippen LogP) is 2.45. The highest BCUT2D eigenvalue weighted by Crippen LogP contribution is 2.58. The Kier molecular flexibility index (Phi) is 7.53. The van der Waals surface area contributed by atoms with Gasteiger partial charge in [-0.2, -0.15) is 0 Å². The van der Waals surface area contributed by atoms with Crippen molar-refractivity contribution < 1.29 is 33.4 Å². The van der Waals surface area contributed by atoms with Gasteiger partial charge in [-0.1, -0.05) is 0 Å². The van der Waals surface area contributed by atoms with Crippen LogP contribution in [0.15, 0.2) is 34.6 Å². The minimum Gasteiger partial charge on any atom is -0.496 e. The average molecular weight is 552 g/mol. The molecule has 10 nitrogen and oxygen atoms in total. The van der Waals surface area contributed by atoms with E-state index in [0.717, 1.165) is 11.3 Å². The number of nitrogens with one attached hydrogen (secondary N) is 1. The van der Waals surface area contributed by atoms with Crippen molar-refractivity contribution in [3.05, 3.63) is 45.7 Å². The molecule has 0 spiro atoms. The molecule has 1 aromatic rings. The number of imide groups is 1. The zero-order chi connectivity index (χ0) is 29.8. The molecule has 3 aliphatic rings. The van der Waals surface area contributed by atoms with Gasteiger partial charge in [-0.3, -0.25) is 29.3 Å². The highest BCUT2D eigenvalue weighted by Gasteiger charge is 2.61. The van der Waals surface area contributed by atoms with Crippen molar-refractivity contribution in [1.29, 1.82) is 0 Å². The van der Waals surface area contributed by atoms with Gasteiger partial charge in [-0.05, 0) is 75.9 Å². The Bertz CT molecular complexity index is 1400. The third-order valence-corrected chi connectivity index (χ3v) is 8.52. The number of ether oxygens (including phenoxy) is 2. The number of rotatable bonds is 5. The number of amides is 2. The van der Waals surface area contributed by atoms with Crippen LogP contribution in [-0.4, -0.2) is 75.6 Å². The smallest absolute Gasteiger partial charge is 0.307 e. The lowest BCUT2D eigenvalue weighted by Crippen LogP contribution is -2.59. The Labute approximate surface area is 234 Å². The van der Waals surface area contributed by atoms with E-state index in [0.29, 0.717) is 29.7 Å². The summed E-state index contributed by atoms with van der Waals surface area (Å²) in [5.41, 5.74) is 1.20. The van der Waals surface area contributed by atoms with E-state index in [2.05, 4.69) is 5.32 Å². The lowest BCUT2D eigenvalue weighted by molar-refractivity contribution is -0.144. The molecule has 0 radical (unpaired) electrons. The van der Waals surface area contributed by atoms with Gasteiger partial charge < -0.3 is 19.3 Å². The zero-order valence-corrected chi connectivity index (χ0v) is 24.6. The van der Waals surface area contributed by atoms with Crippen LogP contribution in [0.25, 0.3) is 0 Å². The zero-order valence-electron chi connectivity index (χ0n) is 24.6. The number of allylic oxidation sites excluding steroid dienone is 2. The van der Waals surface area contributed by atoms with Gasteiger partial charge in [0.2, 0.25) is 5.91 Å². The lowest BCUT2D eigenvalue weighted by atomic mass is 9.53. The first-order chi connectivity index (χ1) is 18.7. The largest absolute Gasteiger partial charge is 0.496 e. The average Bonchev–Trinajstić information content (AvgIpc) is 2.84. The van der Waals surface area contributed by atoms with Crippen molar-refractivity contribution in [3.63, 3.8) is 0 Å². The number of methoxy groups -OCH3 is 1. The fourth-order valence-corrected chi connectivity index (χ4v) is 6.97. The minimum absolute atomic E-state index is 0.0216. The predicted molar refractivity (Wildman–Crippen MR) is 148 cm³/mol. The van der Waals surface area contributed by atoms with Crippen LogP contribution >= 0.6 is 0 Å². The van der Waals surface area contributed by atoms with Crippen LogP contribution in [0.2, 0.25) is 0 Å². The molecule has 4 atom stereocenters. The van der Waals surface area contributed by atoms with Gasteiger partial charge in [0.05, 0.1) is 23.7 Å². The Balaban J connectivity index is 2.04. The fourth-order valence-electron chi connectivity index (χ4n) is 6.97. The van der Waals surface area contributed by atoms with Crippen LogP contribution in [0.4, 0.5) is 5.69 Å².